The minimum absolute atomic E-state index is 0.0787. The van der Waals surface area contributed by atoms with E-state index in [9.17, 15) is 4.21 Å². The molecule has 3 nitrogen and oxygen atoms in total. The van der Waals surface area contributed by atoms with E-state index in [1.807, 2.05) is 20.8 Å². The number of hydrogen-bond donors (Lipinski definition) is 0. The average Bonchev–Trinajstić information content (AvgIpc) is 2.14. The van der Waals surface area contributed by atoms with Gasteiger partial charge in [0.1, 0.15) is 11.0 Å². The molecule has 0 aromatic rings. The molecular formula is C10H19NO2S. The van der Waals surface area contributed by atoms with Crippen LogP contribution in [0.3, 0.4) is 0 Å². The van der Waals surface area contributed by atoms with Gasteiger partial charge >= 0.3 is 0 Å². The standard InChI is InChI=1S/C10H19NO2S/c1-10(2,3)14(12)11-8-9-6-4-5-7-13-9/h8-9H,4-7H2,1-3H3/t9?,14-/m0/s1. The van der Waals surface area contributed by atoms with E-state index < -0.39 is 11.0 Å². The van der Waals surface area contributed by atoms with Crippen LogP contribution in [0.25, 0.3) is 0 Å². The summed E-state index contributed by atoms with van der Waals surface area (Å²) < 4.78 is 20.8. The zero-order valence-corrected chi connectivity index (χ0v) is 9.97. The van der Waals surface area contributed by atoms with E-state index in [2.05, 4.69) is 4.40 Å². The molecular weight excluding hydrogens is 198 g/mol. The van der Waals surface area contributed by atoms with Crippen molar-refractivity contribution in [2.24, 2.45) is 4.40 Å². The Morgan fingerprint density at radius 1 is 1.43 bits per heavy atom. The Kier molecular flexibility index (Phi) is 4.26. The van der Waals surface area contributed by atoms with Crippen molar-refractivity contribution in [3.05, 3.63) is 0 Å². The SMILES string of the molecule is CC(C)(C)[S@](=O)N=CC1CCCCO1. The van der Waals surface area contributed by atoms with Crippen molar-refractivity contribution in [2.75, 3.05) is 6.61 Å². The molecule has 1 saturated heterocycles. The molecule has 1 heterocycles. The summed E-state index contributed by atoms with van der Waals surface area (Å²) in [6.07, 6.45) is 5.10. The molecule has 1 unspecified atom stereocenters. The predicted octanol–water partition coefficient (Wildman–Crippen LogP) is 2.09. The minimum Gasteiger partial charge on any atom is -0.373 e. The first-order chi connectivity index (χ1) is 6.50. The molecule has 1 aliphatic rings. The van der Waals surface area contributed by atoms with Gasteiger partial charge in [-0.3, -0.25) is 0 Å². The molecule has 82 valence electrons. The molecule has 1 rings (SSSR count). The summed E-state index contributed by atoms with van der Waals surface area (Å²) in [6, 6.07) is 0. The lowest BCUT2D eigenvalue weighted by molar-refractivity contribution is 0.0617. The number of nitrogens with zero attached hydrogens (tertiary/aromatic N) is 1. The van der Waals surface area contributed by atoms with E-state index in [4.69, 9.17) is 4.74 Å². The Morgan fingerprint density at radius 2 is 2.14 bits per heavy atom. The lowest BCUT2D eigenvalue weighted by Crippen LogP contribution is -2.23. The highest BCUT2D eigenvalue weighted by Crippen LogP contribution is 2.14. The van der Waals surface area contributed by atoms with Crippen molar-refractivity contribution in [3.8, 4) is 0 Å². The van der Waals surface area contributed by atoms with Crippen LogP contribution < -0.4 is 0 Å². The molecule has 0 aromatic carbocycles. The first-order valence-electron chi connectivity index (χ1n) is 5.08. The third kappa shape index (κ3) is 3.88. The Balaban J connectivity index is 2.42. The van der Waals surface area contributed by atoms with Crippen molar-refractivity contribution in [2.45, 2.75) is 50.9 Å². The normalized spacial score (nSPS) is 26.6. The Bertz CT molecular complexity index is 227. The number of ether oxygens (including phenoxy) is 1. The molecule has 0 N–H and O–H groups in total. The van der Waals surface area contributed by atoms with Gasteiger partial charge in [0.2, 0.25) is 0 Å². The molecule has 14 heavy (non-hydrogen) atoms. The van der Waals surface area contributed by atoms with Crippen LogP contribution in [0.1, 0.15) is 40.0 Å². The van der Waals surface area contributed by atoms with Crippen LogP contribution in [0.5, 0.6) is 0 Å². The molecule has 0 amide bonds. The molecule has 0 saturated carbocycles. The molecule has 0 aromatic heterocycles. The zero-order valence-electron chi connectivity index (χ0n) is 9.16. The molecule has 1 aliphatic heterocycles. The van der Waals surface area contributed by atoms with E-state index >= 15 is 0 Å². The van der Waals surface area contributed by atoms with Gasteiger partial charge in [0.15, 0.2) is 0 Å². The van der Waals surface area contributed by atoms with Gasteiger partial charge in [-0.25, -0.2) is 4.21 Å². The van der Waals surface area contributed by atoms with E-state index in [-0.39, 0.29) is 10.9 Å². The summed E-state index contributed by atoms with van der Waals surface area (Å²) in [7, 11) is -1.15. The van der Waals surface area contributed by atoms with Crippen molar-refractivity contribution in [1.82, 2.24) is 0 Å². The fraction of sp³-hybridized carbons (Fsp3) is 0.900. The number of rotatable bonds is 2. The maximum absolute atomic E-state index is 11.6. The van der Waals surface area contributed by atoms with Crippen LogP contribution in [0.2, 0.25) is 0 Å². The summed E-state index contributed by atoms with van der Waals surface area (Å²) in [5.41, 5.74) is 0. The second kappa shape index (κ2) is 5.03. The average molecular weight is 217 g/mol. The highest BCUT2D eigenvalue weighted by Gasteiger charge is 2.19. The second-order valence-corrected chi connectivity index (χ2v) is 6.45. The van der Waals surface area contributed by atoms with Crippen molar-refractivity contribution in [1.29, 1.82) is 0 Å². The van der Waals surface area contributed by atoms with Gasteiger partial charge in [0.25, 0.3) is 0 Å². The first-order valence-corrected chi connectivity index (χ1v) is 6.18. The van der Waals surface area contributed by atoms with Crippen LogP contribution in [-0.4, -0.2) is 27.9 Å². The Morgan fingerprint density at radius 3 is 2.64 bits per heavy atom. The lowest BCUT2D eigenvalue weighted by Gasteiger charge is -2.19. The zero-order chi connectivity index (χ0) is 10.6. The Hall–Kier alpha value is -0.220. The predicted molar refractivity (Wildman–Crippen MR) is 60.0 cm³/mol. The second-order valence-electron chi connectivity index (χ2n) is 4.52. The van der Waals surface area contributed by atoms with Crippen LogP contribution in [0.15, 0.2) is 4.40 Å². The maximum Gasteiger partial charge on any atom is 0.144 e. The van der Waals surface area contributed by atoms with Crippen LogP contribution in [0, 0.1) is 0 Å². The lowest BCUT2D eigenvalue weighted by atomic mass is 10.1. The third-order valence-corrected chi connectivity index (χ3v) is 3.42. The van der Waals surface area contributed by atoms with E-state index in [1.165, 1.54) is 6.42 Å². The summed E-state index contributed by atoms with van der Waals surface area (Å²) in [4.78, 5) is 0. The van der Waals surface area contributed by atoms with Crippen LogP contribution >= 0.6 is 0 Å². The smallest absolute Gasteiger partial charge is 0.144 e. The topological polar surface area (TPSA) is 38.7 Å². The van der Waals surface area contributed by atoms with Gasteiger partial charge in [-0.05, 0) is 40.0 Å². The first kappa shape index (κ1) is 11.9. The molecule has 2 atom stereocenters. The maximum atomic E-state index is 11.6. The van der Waals surface area contributed by atoms with Crippen molar-refractivity contribution in [3.63, 3.8) is 0 Å². The molecule has 0 spiro atoms. The number of hydrogen-bond acceptors (Lipinski definition) is 2. The van der Waals surface area contributed by atoms with Gasteiger partial charge < -0.3 is 4.74 Å². The molecule has 4 heteroatoms. The quantitative estimate of drug-likeness (QED) is 0.664. The van der Waals surface area contributed by atoms with Gasteiger partial charge in [-0.15, -0.1) is 0 Å². The van der Waals surface area contributed by atoms with E-state index in [0.717, 1.165) is 19.4 Å². The van der Waals surface area contributed by atoms with E-state index in [1.54, 1.807) is 6.21 Å². The highest BCUT2D eigenvalue weighted by molar-refractivity contribution is 7.85. The van der Waals surface area contributed by atoms with Gasteiger partial charge in [-0.1, -0.05) is 0 Å². The fourth-order valence-electron chi connectivity index (χ4n) is 1.16. The summed E-state index contributed by atoms with van der Waals surface area (Å²) >= 11 is 0. The summed E-state index contributed by atoms with van der Waals surface area (Å²) in [5.74, 6) is 0. The van der Waals surface area contributed by atoms with Gasteiger partial charge in [-0.2, -0.15) is 4.40 Å². The molecule has 0 radical (unpaired) electrons. The van der Waals surface area contributed by atoms with Gasteiger partial charge in [0, 0.05) is 12.8 Å². The summed E-state index contributed by atoms with van der Waals surface area (Å²) in [6.45, 7) is 6.56. The molecule has 0 bridgehead atoms. The summed E-state index contributed by atoms with van der Waals surface area (Å²) in [5, 5.41) is 0. The highest BCUT2D eigenvalue weighted by atomic mass is 32.2. The van der Waals surface area contributed by atoms with E-state index in [0.29, 0.717) is 0 Å². The van der Waals surface area contributed by atoms with Crippen molar-refractivity contribution < 1.29 is 8.95 Å². The monoisotopic (exact) mass is 217 g/mol. The van der Waals surface area contributed by atoms with Crippen LogP contribution in [-0.2, 0) is 15.7 Å². The molecule has 0 aliphatic carbocycles. The minimum atomic E-state index is -1.15. The third-order valence-electron chi connectivity index (χ3n) is 2.06. The van der Waals surface area contributed by atoms with Crippen LogP contribution in [0.4, 0.5) is 0 Å². The van der Waals surface area contributed by atoms with Gasteiger partial charge in [0.05, 0.1) is 10.9 Å². The largest absolute Gasteiger partial charge is 0.373 e. The fourth-order valence-corrected chi connectivity index (χ4v) is 1.73. The Labute approximate surface area is 88.5 Å². The van der Waals surface area contributed by atoms with Crippen molar-refractivity contribution >= 4 is 17.2 Å². The molecule has 1 fully saturated rings.